The third kappa shape index (κ3) is 5.32. The van der Waals surface area contributed by atoms with E-state index in [1.54, 1.807) is 6.07 Å². The third-order valence-electron chi connectivity index (χ3n) is 7.78. The average molecular weight is 565 g/mol. The summed E-state index contributed by atoms with van der Waals surface area (Å²) in [4.78, 5) is 2.28. The molecular formula is C26H30F6N2O3S. The van der Waals surface area contributed by atoms with Gasteiger partial charge in [-0.1, -0.05) is 49.4 Å². The molecule has 0 radical (unpaired) electrons. The van der Waals surface area contributed by atoms with Crippen molar-refractivity contribution in [2.24, 2.45) is 5.41 Å². The molecule has 4 rings (SSSR count). The van der Waals surface area contributed by atoms with Gasteiger partial charge in [0.25, 0.3) is 5.60 Å². The third-order valence-corrected chi connectivity index (χ3v) is 9.03. The van der Waals surface area contributed by atoms with Crippen LogP contribution in [0.2, 0.25) is 0 Å². The predicted octanol–water partition coefficient (Wildman–Crippen LogP) is 5.09. The number of hydrogen-bond donors (Lipinski definition) is 1. The zero-order valence-electron chi connectivity index (χ0n) is 21.0. The fourth-order valence-electron chi connectivity index (χ4n) is 5.63. The summed E-state index contributed by atoms with van der Waals surface area (Å²) in [5.41, 5.74) is -3.27. The molecule has 2 fully saturated rings. The number of hydrogen-bond acceptors (Lipinski definition) is 4. The summed E-state index contributed by atoms with van der Waals surface area (Å²) < 4.78 is 105. The molecule has 1 N–H and O–H groups in total. The van der Waals surface area contributed by atoms with Crippen LogP contribution in [-0.4, -0.2) is 67.5 Å². The van der Waals surface area contributed by atoms with Gasteiger partial charge in [0.1, 0.15) is 0 Å². The van der Waals surface area contributed by atoms with Gasteiger partial charge >= 0.3 is 12.4 Å². The molecule has 2 heterocycles. The van der Waals surface area contributed by atoms with Crippen molar-refractivity contribution in [1.29, 1.82) is 0 Å². The first-order valence-corrected chi connectivity index (χ1v) is 14.1. The van der Waals surface area contributed by atoms with Crippen molar-refractivity contribution in [3.63, 3.8) is 0 Å². The average Bonchev–Trinajstić information content (AvgIpc) is 3.43. The van der Waals surface area contributed by atoms with Gasteiger partial charge < -0.3 is 5.11 Å². The van der Waals surface area contributed by atoms with E-state index >= 15 is 0 Å². The van der Waals surface area contributed by atoms with E-state index in [0.29, 0.717) is 49.3 Å². The minimum atomic E-state index is -5.93. The summed E-state index contributed by atoms with van der Waals surface area (Å²) in [7, 11) is -3.22. The highest BCUT2D eigenvalue weighted by Gasteiger charge is 2.71. The van der Waals surface area contributed by atoms with Gasteiger partial charge in [0.15, 0.2) is 0 Å². The molecule has 0 bridgehead atoms. The Bertz CT molecular complexity index is 1260. The number of rotatable bonds is 6. The quantitative estimate of drug-likeness (QED) is 0.497. The van der Waals surface area contributed by atoms with Crippen molar-refractivity contribution in [3.05, 3.63) is 59.2 Å². The Hall–Kier alpha value is -2.15. The minimum Gasteiger partial charge on any atom is -0.369 e. The van der Waals surface area contributed by atoms with Gasteiger partial charge in [0, 0.05) is 31.7 Å². The lowest BCUT2D eigenvalue weighted by atomic mass is 9.86. The molecule has 2 aliphatic heterocycles. The molecule has 0 saturated carbocycles. The van der Waals surface area contributed by atoms with E-state index in [1.165, 1.54) is 10.6 Å². The topological polar surface area (TPSA) is 60.9 Å². The normalized spacial score (nSPS) is 22.0. The van der Waals surface area contributed by atoms with Crippen molar-refractivity contribution < 1.29 is 39.9 Å². The van der Waals surface area contributed by atoms with Gasteiger partial charge in [-0.15, -0.1) is 0 Å². The molecule has 0 aliphatic carbocycles. The summed E-state index contributed by atoms with van der Waals surface area (Å²) in [6.45, 7) is 5.23. The fraction of sp³-hybridized carbons (Fsp3) is 0.538. The molecule has 2 aromatic rings. The first-order valence-electron chi connectivity index (χ1n) is 12.3. The number of likely N-dealkylation sites (tertiary alicyclic amines) is 1. The zero-order valence-corrected chi connectivity index (χ0v) is 21.8. The maximum Gasteiger partial charge on any atom is 0.430 e. The second-order valence-electron chi connectivity index (χ2n) is 10.4. The minimum absolute atomic E-state index is 0.0485. The van der Waals surface area contributed by atoms with Gasteiger partial charge in [-0.2, -0.15) is 26.3 Å². The van der Waals surface area contributed by atoms with Crippen molar-refractivity contribution in [3.8, 4) is 11.1 Å². The summed E-state index contributed by atoms with van der Waals surface area (Å²) >= 11 is 0. The first kappa shape index (κ1) is 28.8. The molecule has 1 atom stereocenters. The molecule has 2 saturated heterocycles. The van der Waals surface area contributed by atoms with Gasteiger partial charge in [-0.25, -0.2) is 12.7 Å². The van der Waals surface area contributed by atoms with E-state index in [0.717, 1.165) is 49.2 Å². The Morgan fingerprint density at radius 1 is 0.921 bits per heavy atom. The van der Waals surface area contributed by atoms with Crippen molar-refractivity contribution in [1.82, 2.24) is 9.21 Å². The fourth-order valence-corrected chi connectivity index (χ4v) is 6.56. The molecule has 1 unspecified atom stereocenters. The van der Waals surface area contributed by atoms with Crippen LogP contribution in [0.4, 0.5) is 26.3 Å². The van der Waals surface area contributed by atoms with E-state index in [2.05, 4.69) is 4.90 Å². The van der Waals surface area contributed by atoms with E-state index < -0.39 is 33.5 Å². The highest BCUT2D eigenvalue weighted by molar-refractivity contribution is 7.88. The molecular weight excluding hydrogens is 534 g/mol. The molecule has 38 heavy (non-hydrogen) atoms. The second-order valence-corrected chi connectivity index (χ2v) is 12.4. The number of nitrogens with zero attached hydrogens (tertiary/aromatic N) is 2. The highest BCUT2D eigenvalue weighted by Crippen LogP contribution is 2.50. The Morgan fingerprint density at radius 3 is 2.05 bits per heavy atom. The number of aliphatic hydroxyl groups is 1. The van der Waals surface area contributed by atoms with Crippen LogP contribution in [0.1, 0.15) is 36.5 Å². The Morgan fingerprint density at radius 2 is 1.53 bits per heavy atom. The summed E-state index contributed by atoms with van der Waals surface area (Å²) in [6, 6.07) is 9.30. The Labute approximate surface area is 218 Å². The predicted molar refractivity (Wildman–Crippen MR) is 131 cm³/mol. The van der Waals surface area contributed by atoms with Crippen LogP contribution in [-0.2, 0) is 28.6 Å². The monoisotopic (exact) mass is 564 g/mol. The Kier molecular flexibility index (Phi) is 7.44. The number of benzene rings is 2. The SMILES string of the molecule is CCc1cc(CN2CCC3(CCN(S(C)(=O)=O)C3)C2)ccc1-c1ccc(C(O)(C(F)(F)F)C(F)(F)F)cc1. The van der Waals surface area contributed by atoms with Crippen LogP contribution >= 0.6 is 0 Å². The van der Waals surface area contributed by atoms with Crippen LogP contribution in [0.15, 0.2) is 42.5 Å². The van der Waals surface area contributed by atoms with Gasteiger partial charge in [-0.3, -0.25) is 4.90 Å². The lowest BCUT2D eigenvalue weighted by Crippen LogP contribution is -2.53. The highest BCUT2D eigenvalue weighted by atomic mass is 32.2. The van der Waals surface area contributed by atoms with Crippen molar-refractivity contribution in [2.45, 2.75) is 50.7 Å². The molecule has 5 nitrogen and oxygen atoms in total. The van der Waals surface area contributed by atoms with Crippen molar-refractivity contribution >= 4 is 10.0 Å². The first-order chi connectivity index (χ1) is 17.5. The van der Waals surface area contributed by atoms with Gasteiger partial charge in [0.05, 0.1) is 6.26 Å². The van der Waals surface area contributed by atoms with Gasteiger partial charge in [-0.05, 0) is 53.5 Å². The molecule has 210 valence electrons. The molecule has 2 aliphatic rings. The maximum absolute atomic E-state index is 13.2. The van der Waals surface area contributed by atoms with Crippen LogP contribution in [0.3, 0.4) is 0 Å². The lowest BCUT2D eigenvalue weighted by molar-refractivity contribution is -0.376. The van der Waals surface area contributed by atoms with E-state index in [9.17, 15) is 39.9 Å². The smallest absolute Gasteiger partial charge is 0.369 e. The summed E-state index contributed by atoms with van der Waals surface area (Å²) in [5, 5.41) is 9.63. The van der Waals surface area contributed by atoms with Crippen LogP contribution in [0, 0.1) is 5.41 Å². The summed E-state index contributed by atoms with van der Waals surface area (Å²) in [6.07, 6.45) is -8.31. The molecule has 2 aromatic carbocycles. The van der Waals surface area contributed by atoms with E-state index in [1.807, 2.05) is 19.1 Å². The van der Waals surface area contributed by atoms with Crippen LogP contribution in [0.5, 0.6) is 0 Å². The summed E-state index contributed by atoms with van der Waals surface area (Å²) in [5.74, 6) is 0. The number of alkyl halides is 6. The lowest BCUT2D eigenvalue weighted by Gasteiger charge is -2.32. The molecule has 1 spiro atoms. The number of halogens is 6. The maximum atomic E-state index is 13.2. The van der Waals surface area contributed by atoms with Crippen LogP contribution in [0.25, 0.3) is 11.1 Å². The van der Waals surface area contributed by atoms with Crippen LogP contribution < -0.4 is 0 Å². The van der Waals surface area contributed by atoms with Crippen molar-refractivity contribution in [2.75, 3.05) is 32.4 Å². The second kappa shape index (κ2) is 9.79. The van der Waals surface area contributed by atoms with E-state index in [4.69, 9.17) is 0 Å². The Balaban J connectivity index is 1.51. The molecule has 0 aromatic heterocycles. The largest absolute Gasteiger partial charge is 0.430 e. The van der Waals surface area contributed by atoms with Gasteiger partial charge in [0.2, 0.25) is 10.0 Å². The van der Waals surface area contributed by atoms with E-state index in [-0.39, 0.29) is 5.41 Å². The molecule has 0 amide bonds. The number of sulfonamides is 1. The standard InChI is InChI=1S/C26H30F6N2O3S/c1-3-19-14-18(15-33-12-10-23(16-33)11-13-34(17-23)38(2,36)37)4-9-22(19)20-5-7-21(8-6-20)24(35,25(27,28)29)26(30,31)32/h4-9,14,35H,3,10-13,15-17H2,1-2H3. The number of aryl methyl sites for hydroxylation is 1. The molecule has 12 heteroatoms. The zero-order chi connectivity index (χ0) is 28.1.